The minimum Gasteiger partial charge on any atom is -0.307 e. The normalized spacial score (nSPS) is 9.54. The van der Waals surface area contributed by atoms with Crippen LogP contribution in [0.5, 0.6) is 0 Å². The van der Waals surface area contributed by atoms with E-state index in [2.05, 4.69) is 6.92 Å². The van der Waals surface area contributed by atoms with Gasteiger partial charge in [0.05, 0.1) is 0 Å². The summed E-state index contributed by atoms with van der Waals surface area (Å²) in [5.41, 5.74) is 1.07. The fourth-order valence-corrected chi connectivity index (χ4v) is 2.61. The standard InChI is InChI=1S/C10H8O3S.C7H7.CH2O.Na/c11-14(12,13)10-7-3-5-8-4-1-2-6-9(8)10;1-7-5-3-2-4-6-7;1-2;/h1-7H,(H,11,12,13);2-6H,1H2;1H2;/q;-1;;+1. The molecule has 0 radical (unpaired) electrons. The number of fused-ring (bicyclic) bond motifs is 1. The number of carbonyl (C=O) groups is 1. The van der Waals surface area contributed by atoms with Crippen molar-refractivity contribution in [2.75, 3.05) is 0 Å². The molecule has 0 aromatic heterocycles. The van der Waals surface area contributed by atoms with Crippen LogP contribution in [0.15, 0.2) is 77.7 Å². The molecule has 24 heavy (non-hydrogen) atoms. The second-order valence-electron chi connectivity index (χ2n) is 4.44. The Labute approximate surface area is 164 Å². The Morgan fingerprint density at radius 2 is 1.29 bits per heavy atom. The Balaban J connectivity index is 0.000000450. The molecule has 0 atom stereocenters. The molecule has 120 valence electrons. The first-order valence-electron chi connectivity index (χ1n) is 6.59. The molecule has 1 N–H and O–H groups in total. The van der Waals surface area contributed by atoms with Crippen molar-refractivity contribution in [2.24, 2.45) is 0 Å². The van der Waals surface area contributed by atoms with Crippen LogP contribution in [0, 0.1) is 6.92 Å². The van der Waals surface area contributed by atoms with Crippen LogP contribution in [-0.4, -0.2) is 19.8 Å². The zero-order chi connectivity index (χ0) is 17.3. The second-order valence-corrected chi connectivity index (χ2v) is 5.83. The molecule has 6 heteroatoms. The largest absolute Gasteiger partial charge is 1.00 e. The van der Waals surface area contributed by atoms with Crippen LogP contribution in [0.4, 0.5) is 0 Å². The van der Waals surface area contributed by atoms with Gasteiger partial charge in [-0.15, -0.1) is 12.1 Å². The fraction of sp³-hybridized carbons (Fsp3) is 0. The van der Waals surface area contributed by atoms with E-state index in [1.54, 1.807) is 30.3 Å². The van der Waals surface area contributed by atoms with E-state index in [1.165, 1.54) is 6.07 Å². The Morgan fingerprint density at radius 3 is 1.79 bits per heavy atom. The summed E-state index contributed by atoms with van der Waals surface area (Å²) in [6.45, 7) is 5.72. The van der Waals surface area contributed by atoms with E-state index in [9.17, 15) is 8.42 Å². The van der Waals surface area contributed by atoms with E-state index < -0.39 is 10.1 Å². The van der Waals surface area contributed by atoms with Crippen molar-refractivity contribution in [1.82, 2.24) is 0 Å². The molecule has 4 nitrogen and oxygen atoms in total. The Bertz CT molecular complexity index is 844. The molecule has 0 spiro atoms. The summed E-state index contributed by atoms with van der Waals surface area (Å²) in [5, 5.41) is 1.33. The van der Waals surface area contributed by atoms with Gasteiger partial charge in [-0.25, -0.2) is 0 Å². The van der Waals surface area contributed by atoms with Crippen LogP contribution < -0.4 is 29.6 Å². The maximum Gasteiger partial charge on any atom is 1.00 e. The Morgan fingerprint density at radius 1 is 0.792 bits per heavy atom. The summed E-state index contributed by atoms with van der Waals surface area (Å²) in [7, 11) is -4.13. The number of rotatable bonds is 1. The molecule has 3 aromatic rings. The zero-order valence-electron chi connectivity index (χ0n) is 13.4. The fourth-order valence-electron chi connectivity index (χ4n) is 1.90. The molecule has 0 aliphatic heterocycles. The van der Waals surface area contributed by atoms with Crippen LogP contribution in [0.2, 0.25) is 0 Å². The van der Waals surface area contributed by atoms with Crippen LogP contribution >= 0.6 is 0 Å². The number of hydrogen-bond donors (Lipinski definition) is 1. The van der Waals surface area contributed by atoms with Crippen LogP contribution in [0.3, 0.4) is 0 Å². The monoisotopic (exact) mass is 352 g/mol. The molecule has 0 saturated heterocycles. The number of carbonyl (C=O) groups excluding carboxylic acids is 1. The molecule has 0 heterocycles. The van der Waals surface area contributed by atoms with Crippen LogP contribution in [0.1, 0.15) is 5.56 Å². The van der Waals surface area contributed by atoms with Crippen molar-refractivity contribution in [3.8, 4) is 0 Å². The Kier molecular flexibility index (Phi) is 10.3. The first-order valence-corrected chi connectivity index (χ1v) is 8.03. The SMILES string of the molecule is C=O.O=S(=O)(O)c1cccc2ccccc12.[CH2-]c1ccccc1.[Na+]. The molecule has 0 unspecified atom stereocenters. The van der Waals surface area contributed by atoms with Crippen LogP contribution in [0.25, 0.3) is 10.8 Å². The summed E-state index contributed by atoms with van der Waals surface area (Å²) in [5.74, 6) is 0. The summed E-state index contributed by atoms with van der Waals surface area (Å²) in [6, 6.07) is 21.7. The van der Waals surface area contributed by atoms with Gasteiger partial charge in [0, 0.05) is 5.39 Å². The van der Waals surface area contributed by atoms with E-state index >= 15 is 0 Å². The van der Waals surface area contributed by atoms with Gasteiger partial charge < -0.3 is 4.79 Å². The molecule has 0 amide bonds. The van der Waals surface area contributed by atoms with Crippen molar-refractivity contribution in [1.29, 1.82) is 0 Å². The van der Waals surface area contributed by atoms with Crippen molar-refractivity contribution >= 4 is 27.7 Å². The van der Waals surface area contributed by atoms with Gasteiger partial charge in [0.1, 0.15) is 11.7 Å². The zero-order valence-corrected chi connectivity index (χ0v) is 16.2. The van der Waals surface area contributed by atoms with Crippen LogP contribution in [-0.2, 0) is 14.9 Å². The quantitative estimate of drug-likeness (QED) is 0.399. The van der Waals surface area contributed by atoms with Gasteiger partial charge in [0.15, 0.2) is 0 Å². The third kappa shape index (κ3) is 6.86. The van der Waals surface area contributed by atoms with Gasteiger partial charge in [0.25, 0.3) is 10.1 Å². The second kappa shape index (κ2) is 11.0. The average Bonchev–Trinajstić information content (AvgIpc) is 2.57. The molecule has 0 aliphatic carbocycles. The predicted octanol–water partition coefficient (Wildman–Crippen LogP) is 0.774. The van der Waals surface area contributed by atoms with Gasteiger partial charge in [0.2, 0.25) is 0 Å². The van der Waals surface area contributed by atoms with E-state index in [0.717, 1.165) is 10.9 Å². The molecular formula is C18H17NaO4S. The summed E-state index contributed by atoms with van der Waals surface area (Å²) < 4.78 is 31.0. The molecule has 0 saturated carbocycles. The minimum absolute atomic E-state index is 0. The van der Waals surface area contributed by atoms with Crippen molar-refractivity contribution < 1.29 is 47.3 Å². The molecule has 0 aliphatic rings. The minimum atomic E-state index is -4.13. The van der Waals surface area contributed by atoms with E-state index in [0.29, 0.717) is 5.39 Å². The maximum atomic E-state index is 11.0. The summed E-state index contributed by atoms with van der Waals surface area (Å²) >= 11 is 0. The maximum absolute atomic E-state index is 11.0. The third-order valence-corrected chi connectivity index (χ3v) is 3.78. The summed E-state index contributed by atoms with van der Waals surface area (Å²) in [6.07, 6.45) is 0. The first-order chi connectivity index (χ1) is 11.0. The topological polar surface area (TPSA) is 71.4 Å². The van der Waals surface area contributed by atoms with E-state index in [4.69, 9.17) is 9.35 Å². The number of hydrogen-bond acceptors (Lipinski definition) is 3. The van der Waals surface area contributed by atoms with Gasteiger partial charge in [-0.05, 0) is 11.5 Å². The Hall–Kier alpha value is -1.63. The third-order valence-electron chi connectivity index (χ3n) is 2.87. The van der Waals surface area contributed by atoms with E-state index in [-0.39, 0.29) is 34.5 Å². The molecule has 3 aromatic carbocycles. The first kappa shape index (κ1) is 22.4. The molecule has 3 rings (SSSR count). The van der Waals surface area contributed by atoms with Gasteiger partial charge >= 0.3 is 29.6 Å². The molecule has 0 bridgehead atoms. The average molecular weight is 352 g/mol. The van der Waals surface area contributed by atoms with Gasteiger partial charge in [-0.3, -0.25) is 4.55 Å². The summed E-state index contributed by atoms with van der Waals surface area (Å²) in [4.78, 5) is 7.95. The smallest absolute Gasteiger partial charge is 0.307 e. The van der Waals surface area contributed by atoms with Crippen molar-refractivity contribution in [3.05, 3.63) is 85.3 Å². The number of benzene rings is 3. The van der Waals surface area contributed by atoms with Crippen molar-refractivity contribution in [3.63, 3.8) is 0 Å². The van der Waals surface area contributed by atoms with Crippen molar-refractivity contribution in [2.45, 2.75) is 4.90 Å². The predicted molar refractivity (Wildman–Crippen MR) is 91.8 cm³/mol. The van der Waals surface area contributed by atoms with E-state index in [1.807, 2.05) is 43.2 Å². The molecule has 0 fully saturated rings. The van der Waals surface area contributed by atoms with Gasteiger partial charge in [-0.2, -0.15) is 33.0 Å². The molecular weight excluding hydrogens is 335 g/mol. The van der Waals surface area contributed by atoms with Gasteiger partial charge in [-0.1, -0.05) is 42.5 Å².